The lowest BCUT2D eigenvalue weighted by molar-refractivity contribution is -0.121. The highest BCUT2D eigenvalue weighted by atomic mass is 16.5. The number of amides is 2. The maximum atomic E-state index is 13.6. The standard InChI is InChI=1S/C23H24N2O6/c1-28-17-7-4-15(5-8-17)20-21(24-10-12-31-13-11-24)23(27)25(22(20)26)16-6-9-18(29-2)19(14-16)30-3/h4-9,14H,10-13H2,1-3H3. The lowest BCUT2D eigenvalue weighted by atomic mass is 10.0. The van der Waals surface area contributed by atoms with Crippen LogP contribution < -0.4 is 19.1 Å². The molecule has 0 spiro atoms. The molecule has 0 atom stereocenters. The maximum absolute atomic E-state index is 13.6. The van der Waals surface area contributed by atoms with Gasteiger partial charge in [-0.25, -0.2) is 4.90 Å². The lowest BCUT2D eigenvalue weighted by Crippen LogP contribution is -2.40. The minimum Gasteiger partial charge on any atom is -0.497 e. The zero-order chi connectivity index (χ0) is 22.0. The van der Waals surface area contributed by atoms with Crippen molar-refractivity contribution in [3.63, 3.8) is 0 Å². The van der Waals surface area contributed by atoms with E-state index >= 15 is 0 Å². The number of hydrogen-bond acceptors (Lipinski definition) is 7. The summed E-state index contributed by atoms with van der Waals surface area (Å²) in [5.41, 5.74) is 1.82. The van der Waals surface area contributed by atoms with Crippen molar-refractivity contribution in [1.82, 2.24) is 4.90 Å². The van der Waals surface area contributed by atoms with E-state index in [2.05, 4.69) is 0 Å². The second kappa shape index (κ2) is 8.69. The predicted molar refractivity (Wildman–Crippen MR) is 114 cm³/mol. The lowest BCUT2D eigenvalue weighted by Gasteiger charge is -2.29. The van der Waals surface area contributed by atoms with Crippen molar-refractivity contribution >= 4 is 23.1 Å². The number of anilines is 1. The molecule has 4 rings (SSSR count). The van der Waals surface area contributed by atoms with Crippen LogP contribution in [-0.2, 0) is 14.3 Å². The smallest absolute Gasteiger partial charge is 0.282 e. The number of benzene rings is 2. The van der Waals surface area contributed by atoms with Gasteiger partial charge in [0.05, 0.1) is 45.8 Å². The monoisotopic (exact) mass is 424 g/mol. The summed E-state index contributed by atoms with van der Waals surface area (Å²) < 4.78 is 21.3. The summed E-state index contributed by atoms with van der Waals surface area (Å²) >= 11 is 0. The number of morpholine rings is 1. The third kappa shape index (κ3) is 3.70. The van der Waals surface area contributed by atoms with Gasteiger partial charge < -0.3 is 23.8 Å². The Labute approximate surface area is 180 Å². The Balaban J connectivity index is 1.80. The summed E-state index contributed by atoms with van der Waals surface area (Å²) in [5.74, 6) is 0.869. The molecule has 0 unspecified atom stereocenters. The topological polar surface area (TPSA) is 77.5 Å². The highest BCUT2D eigenvalue weighted by molar-refractivity contribution is 6.45. The highest BCUT2D eigenvalue weighted by Crippen LogP contribution is 2.38. The van der Waals surface area contributed by atoms with Crippen LogP contribution in [0.4, 0.5) is 5.69 Å². The van der Waals surface area contributed by atoms with Gasteiger partial charge in [-0.1, -0.05) is 12.1 Å². The summed E-state index contributed by atoms with van der Waals surface area (Å²) in [7, 11) is 4.62. The molecule has 2 heterocycles. The van der Waals surface area contributed by atoms with E-state index in [1.807, 2.05) is 4.90 Å². The molecule has 2 aromatic carbocycles. The number of rotatable bonds is 6. The van der Waals surface area contributed by atoms with E-state index in [1.165, 1.54) is 19.1 Å². The highest BCUT2D eigenvalue weighted by Gasteiger charge is 2.43. The molecule has 8 nitrogen and oxygen atoms in total. The fourth-order valence-electron chi connectivity index (χ4n) is 3.81. The molecule has 0 bridgehead atoms. The number of imide groups is 1. The summed E-state index contributed by atoms with van der Waals surface area (Å²) in [6.45, 7) is 2.07. The van der Waals surface area contributed by atoms with Crippen molar-refractivity contribution in [2.45, 2.75) is 0 Å². The number of carbonyl (C=O) groups is 2. The van der Waals surface area contributed by atoms with E-state index in [0.717, 1.165) is 0 Å². The molecule has 1 saturated heterocycles. The molecule has 31 heavy (non-hydrogen) atoms. The quantitative estimate of drug-likeness (QED) is 0.659. The molecule has 0 radical (unpaired) electrons. The van der Waals surface area contributed by atoms with Gasteiger partial charge in [0.15, 0.2) is 11.5 Å². The van der Waals surface area contributed by atoms with Crippen molar-refractivity contribution in [1.29, 1.82) is 0 Å². The Morgan fingerprint density at radius 3 is 2.10 bits per heavy atom. The first-order valence-corrected chi connectivity index (χ1v) is 9.91. The molecule has 8 heteroatoms. The van der Waals surface area contributed by atoms with Crippen LogP contribution in [0.2, 0.25) is 0 Å². The van der Waals surface area contributed by atoms with Gasteiger partial charge in [0.2, 0.25) is 0 Å². The first-order chi connectivity index (χ1) is 15.1. The van der Waals surface area contributed by atoms with Gasteiger partial charge in [0, 0.05) is 19.2 Å². The first-order valence-electron chi connectivity index (χ1n) is 9.91. The van der Waals surface area contributed by atoms with Gasteiger partial charge in [-0.05, 0) is 29.8 Å². The summed E-state index contributed by atoms with van der Waals surface area (Å²) in [6, 6.07) is 12.1. The zero-order valence-electron chi connectivity index (χ0n) is 17.7. The second-order valence-corrected chi connectivity index (χ2v) is 7.04. The molecule has 0 saturated carbocycles. The second-order valence-electron chi connectivity index (χ2n) is 7.04. The number of hydrogen-bond donors (Lipinski definition) is 0. The Morgan fingerprint density at radius 1 is 0.806 bits per heavy atom. The van der Waals surface area contributed by atoms with Crippen LogP contribution in [0.5, 0.6) is 17.2 Å². The molecule has 2 aromatic rings. The average Bonchev–Trinajstić information content (AvgIpc) is 3.09. The number of nitrogens with zero attached hydrogens (tertiary/aromatic N) is 2. The van der Waals surface area contributed by atoms with Gasteiger partial charge in [-0.15, -0.1) is 0 Å². The molecule has 0 aliphatic carbocycles. The van der Waals surface area contributed by atoms with Crippen molar-refractivity contribution in [3.05, 3.63) is 53.7 Å². The van der Waals surface area contributed by atoms with Crippen LogP contribution in [0.3, 0.4) is 0 Å². The van der Waals surface area contributed by atoms with E-state index in [0.29, 0.717) is 66.1 Å². The normalized spacial score (nSPS) is 16.7. The van der Waals surface area contributed by atoms with Crippen LogP contribution >= 0.6 is 0 Å². The zero-order valence-corrected chi connectivity index (χ0v) is 17.7. The van der Waals surface area contributed by atoms with Crippen LogP contribution in [0.15, 0.2) is 48.2 Å². The van der Waals surface area contributed by atoms with Gasteiger partial charge >= 0.3 is 0 Å². The molecule has 2 aliphatic heterocycles. The fraction of sp³-hybridized carbons (Fsp3) is 0.304. The third-order valence-electron chi connectivity index (χ3n) is 5.39. The van der Waals surface area contributed by atoms with E-state index in [-0.39, 0.29) is 11.8 Å². The average molecular weight is 424 g/mol. The Morgan fingerprint density at radius 2 is 1.48 bits per heavy atom. The maximum Gasteiger partial charge on any atom is 0.282 e. The fourth-order valence-corrected chi connectivity index (χ4v) is 3.81. The van der Waals surface area contributed by atoms with Gasteiger partial charge in [0.25, 0.3) is 11.8 Å². The van der Waals surface area contributed by atoms with E-state index in [4.69, 9.17) is 18.9 Å². The Kier molecular flexibility index (Phi) is 5.81. The van der Waals surface area contributed by atoms with Crippen molar-refractivity contribution in [2.75, 3.05) is 52.5 Å². The first kappa shape index (κ1) is 20.7. The molecule has 1 fully saturated rings. The van der Waals surface area contributed by atoms with Crippen LogP contribution in [0.1, 0.15) is 5.56 Å². The number of methoxy groups -OCH3 is 3. The molecule has 0 aromatic heterocycles. The van der Waals surface area contributed by atoms with Crippen LogP contribution in [0, 0.1) is 0 Å². The van der Waals surface area contributed by atoms with Crippen molar-refractivity contribution in [2.24, 2.45) is 0 Å². The molecule has 2 aliphatic rings. The van der Waals surface area contributed by atoms with Crippen molar-refractivity contribution in [3.8, 4) is 17.2 Å². The van der Waals surface area contributed by atoms with Crippen LogP contribution in [0.25, 0.3) is 5.57 Å². The third-order valence-corrected chi connectivity index (χ3v) is 5.39. The molecule has 162 valence electrons. The molecule has 0 N–H and O–H groups in total. The molecular formula is C23H24N2O6. The predicted octanol–water partition coefficient (Wildman–Crippen LogP) is 2.33. The SMILES string of the molecule is COc1ccc(C2=C(N3CCOCC3)C(=O)N(c3ccc(OC)c(OC)c3)C2=O)cc1. The van der Waals surface area contributed by atoms with Gasteiger partial charge in [-0.2, -0.15) is 0 Å². The van der Waals surface area contributed by atoms with Crippen molar-refractivity contribution < 1.29 is 28.5 Å². The molecular weight excluding hydrogens is 400 g/mol. The Hall–Kier alpha value is -3.52. The summed E-state index contributed by atoms with van der Waals surface area (Å²) in [6.07, 6.45) is 0. The minimum absolute atomic E-state index is 0.365. The Bertz CT molecular complexity index is 1020. The van der Waals surface area contributed by atoms with Gasteiger partial charge in [-0.3, -0.25) is 9.59 Å². The van der Waals surface area contributed by atoms with Gasteiger partial charge in [0.1, 0.15) is 11.4 Å². The minimum atomic E-state index is -0.385. The molecule has 2 amide bonds. The van der Waals surface area contributed by atoms with E-state index < -0.39 is 0 Å². The largest absolute Gasteiger partial charge is 0.497 e. The van der Waals surface area contributed by atoms with Crippen LogP contribution in [-0.4, -0.2) is 64.3 Å². The van der Waals surface area contributed by atoms with E-state index in [1.54, 1.807) is 49.6 Å². The number of carbonyl (C=O) groups excluding carboxylic acids is 2. The van der Waals surface area contributed by atoms with E-state index in [9.17, 15) is 9.59 Å². The summed E-state index contributed by atoms with van der Waals surface area (Å²) in [4.78, 5) is 30.2. The number of ether oxygens (including phenoxy) is 4. The summed E-state index contributed by atoms with van der Waals surface area (Å²) in [5, 5.41) is 0.